The topological polar surface area (TPSA) is 90.7 Å². The van der Waals surface area contributed by atoms with Crippen molar-refractivity contribution in [3.8, 4) is 0 Å². The highest BCUT2D eigenvalue weighted by Gasteiger charge is 2.14. The molecule has 3 aromatic rings. The van der Waals surface area contributed by atoms with Crippen LogP contribution in [0.5, 0.6) is 0 Å². The number of aryl methyl sites for hydroxylation is 2. The van der Waals surface area contributed by atoms with Gasteiger partial charge in [0.1, 0.15) is 5.82 Å². The highest BCUT2D eigenvalue weighted by molar-refractivity contribution is 7.09. The standard InChI is InChI=1S/C14H15N5S/c1-7-10(6-9-4-3-5-20-9)8(2)17-13-11(7)12(15)18-14(16)19-13/h3-5H,6H2,1-2H3,(H4,15,16,17,18,19). The first-order chi connectivity index (χ1) is 9.56. The van der Waals surface area contributed by atoms with Crippen molar-refractivity contribution < 1.29 is 0 Å². The van der Waals surface area contributed by atoms with Gasteiger partial charge in [0.05, 0.1) is 5.39 Å². The summed E-state index contributed by atoms with van der Waals surface area (Å²) in [4.78, 5) is 14.0. The summed E-state index contributed by atoms with van der Waals surface area (Å²) in [5, 5.41) is 2.88. The second-order valence-corrected chi connectivity index (χ2v) is 5.75. The monoisotopic (exact) mass is 285 g/mol. The second-order valence-electron chi connectivity index (χ2n) is 4.72. The molecule has 0 aromatic carbocycles. The molecule has 0 bridgehead atoms. The molecule has 0 radical (unpaired) electrons. The zero-order valence-electron chi connectivity index (χ0n) is 11.3. The molecule has 20 heavy (non-hydrogen) atoms. The van der Waals surface area contributed by atoms with Crippen molar-refractivity contribution in [2.24, 2.45) is 0 Å². The molecule has 0 saturated heterocycles. The number of nitrogens with two attached hydrogens (primary N) is 2. The van der Waals surface area contributed by atoms with Crippen LogP contribution in [0, 0.1) is 13.8 Å². The van der Waals surface area contributed by atoms with E-state index in [1.54, 1.807) is 11.3 Å². The van der Waals surface area contributed by atoms with E-state index in [0.717, 1.165) is 23.1 Å². The number of rotatable bonds is 2. The summed E-state index contributed by atoms with van der Waals surface area (Å²) in [6.07, 6.45) is 0.849. The Balaban J connectivity index is 2.23. The molecule has 0 atom stereocenters. The van der Waals surface area contributed by atoms with Crippen LogP contribution in [0.2, 0.25) is 0 Å². The van der Waals surface area contributed by atoms with E-state index in [9.17, 15) is 0 Å². The van der Waals surface area contributed by atoms with Gasteiger partial charge in [-0.2, -0.15) is 9.97 Å². The minimum absolute atomic E-state index is 0.160. The smallest absolute Gasteiger partial charge is 0.224 e. The SMILES string of the molecule is Cc1nc2nc(N)nc(N)c2c(C)c1Cc1cccs1. The predicted molar refractivity (Wildman–Crippen MR) is 82.8 cm³/mol. The van der Waals surface area contributed by atoms with Gasteiger partial charge in [0, 0.05) is 17.0 Å². The molecule has 0 saturated carbocycles. The van der Waals surface area contributed by atoms with Gasteiger partial charge in [0.2, 0.25) is 5.95 Å². The van der Waals surface area contributed by atoms with Crippen LogP contribution in [0.4, 0.5) is 11.8 Å². The number of anilines is 2. The van der Waals surface area contributed by atoms with Crippen molar-refractivity contribution >= 4 is 34.1 Å². The summed E-state index contributed by atoms with van der Waals surface area (Å²) >= 11 is 1.74. The van der Waals surface area contributed by atoms with Gasteiger partial charge in [-0.15, -0.1) is 11.3 Å². The highest BCUT2D eigenvalue weighted by Crippen LogP contribution is 2.28. The van der Waals surface area contributed by atoms with Crippen molar-refractivity contribution in [3.63, 3.8) is 0 Å². The number of hydrogen-bond donors (Lipinski definition) is 2. The minimum atomic E-state index is 0.160. The normalized spacial score (nSPS) is 11.1. The van der Waals surface area contributed by atoms with Crippen LogP contribution in [0.3, 0.4) is 0 Å². The maximum Gasteiger partial charge on any atom is 0.224 e. The van der Waals surface area contributed by atoms with E-state index in [1.807, 2.05) is 13.8 Å². The molecule has 3 heterocycles. The number of fused-ring (bicyclic) bond motifs is 1. The predicted octanol–water partition coefficient (Wildman–Crippen LogP) is 2.46. The molecular formula is C14H15N5S. The maximum atomic E-state index is 5.98. The van der Waals surface area contributed by atoms with E-state index in [2.05, 4.69) is 32.5 Å². The van der Waals surface area contributed by atoms with Gasteiger partial charge in [-0.1, -0.05) is 6.07 Å². The lowest BCUT2D eigenvalue weighted by Gasteiger charge is -2.12. The molecular weight excluding hydrogens is 270 g/mol. The van der Waals surface area contributed by atoms with Gasteiger partial charge in [-0.3, -0.25) is 0 Å². The summed E-state index contributed by atoms with van der Waals surface area (Å²) in [5.74, 6) is 0.553. The number of hydrogen-bond acceptors (Lipinski definition) is 6. The van der Waals surface area contributed by atoms with E-state index in [0.29, 0.717) is 11.5 Å². The van der Waals surface area contributed by atoms with Gasteiger partial charge in [-0.25, -0.2) is 4.98 Å². The molecule has 3 aromatic heterocycles. The summed E-state index contributed by atoms with van der Waals surface area (Å²) in [6, 6.07) is 4.17. The highest BCUT2D eigenvalue weighted by atomic mass is 32.1. The van der Waals surface area contributed by atoms with E-state index in [1.165, 1.54) is 10.4 Å². The molecule has 0 spiro atoms. The Kier molecular flexibility index (Phi) is 3.02. The van der Waals surface area contributed by atoms with Crippen LogP contribution in [-0.2, 0) is 6.42 Å². The molecule has 0 aliphatic carbocycles. The molecule has 0 fully saturated rings. The molecule has 0 aliphatic heterocycles. The van der Waals surface area contributed by atoms with E-state index in [-0.39, 0.29) is 5.95 Å². The maximum absolute atomic E-state index is 5.98. The first-order valence-corrected chi connectivity index (χ1v) is 7.15. The van der Waals surface area contributed by atoms with Crippen molar-refractivity contribution in [2.45, 2.75) is 20.3 Å². The molecule has 0 amide bonds. The summed E-state index contributed by atoms with van der Waals surface area (Å²) in [6.45, 7) is 4.03. The fourth-order valence-corrected chi connectivity index (χ4v) is 3.14. The number of nitrogen functional groups attached to an aromatic ring is 2. The third-order valence-electron chi connectivity index (χ3n) is 3.40. The van der Waals surface area contributed by atoms with Crippen LogP contribution < -0.4 is 11.5 Å². The third-order valence-corrected chi connectivity index (χ3v) is 4.28. The molecule has 4 N–H and O–H groups in total. The van der Waals surface area contributed by atoms with Crippen LogP contribution >= 0.6 is 11.3 Å². The second kappa shape index (κ2) is 4.72. The molecule has 0 aliphatic rings. The zero-order chi connectivity index (χ0) is 14.3. The van der Waals surface area contributed by atoms with Crippen LogP contribution in [0.25, 0.3) is 11.0 Å². The van der Waals surface area contributed by atoms with Crippen molar-refractivity contribution in [1.82, 2.24) is 15.0 Å². The molecule has 3 rings (SSSR count). The average Bonchev–Trinajstić information content (AvgIpc) is 2.86. The first kappa shape index (κ1) is 12.8. The molecule has 0 unspecified atom stereocenters. The van der Waals surface area contributed by atoms with Crippen LogP contribution in [-0.4, -0.2) is 15.0 Å². The fourth-order valence-electron chi connectivity index (χ4n) is 2.42. The van der Waals surface area contributed by atoms with E-state index < -0.39 is 0 Å². The summed E-state index contributed by atoms with van der Waals surface area (Å²) < 4.78 is 0. The first-order valence-electron chi connectivity index (χ1n) is 6.27. The summed E-state index contributed by atoms with van der Waals surface area (Å²) in [5.41, 5.74) is 15.4. The Hall–Kier alpha value is -2.21. The van der Waals surface area contributed by atoms with Gasteiger partial charge in [-0.05, 0) is 36.4 Å². The van der Waals surface area contributed by atoms with Crippen molar-refractivity contribution in [1.29, 1.82) is 0 Å². The largest absolute Gasteiger partial charge is 0.383 e. The zero-order valence-corrected chi connectivity index (χ0v) is 12.2. The quantitative estimate of drug-likeness (QED) is 0.754. The fraction of sp³-hybridized carbons (Fsp3) is 0.214. The number of aromatic nitrogens is 3. The van der Waals surface area contributed by atoms with Gasteiger partial charge >= 0.3 is 0 Å². The minimum Gasteiger partial charge on any atom is -0.383 e. The lowest BCUT2D eigenvalue weighted by atomic mass is 10.0. The van der Waals surface area contributed by atoms with E-state index >= 15 is 0 Å². The Morgan fingerprint density at radius 3 is 2.65 bits per heavy atom. The number of nitrogens with zero attached hydrogens (tertiary/aromatic N) is 3. The Bertz CT molecular complexity index is 780. The molecule has 102 valence electrons. The Labute approximate surface area is 120 Å². The lowest BCUT2D eigenvalue weighted by molar-refractivity contribution is 1.07. The van der Waals surface area contributed by atoms with Crippen molar-refractivity contribution in [3.05, 3.63) is 39.2 Å². The lowest BCUT2D eigenvalue weighted by Crippen LogP contribution is -2.06. The average molecular weight is 285 g/mol. The molecule has 6 heteroatoms. The number of pyridine rings is 1. The van der Waals surface area contributed by atoms with Gasteiger partial charge in [0.15, 0.2) is 5.65 Å². The Morgan fingerprint density at radius 2 is 1.95 bits per heavy atom. The van der Waals surface area contributed by atoms with Crippen LogP contribution in [0.1, 0.15) is 21.7 Å². The molecule has 5 nitrogen and oxygen atoms in total. The van der Waals surface area contributed by atoms with Gasteiger partial charge < -0.3 is 11.5 Å². The van der Waals surface area contributed by atoms with Crippen molar-refractivity contribution in [2.75, 3.05) is 11.5 Å². The third kappa shape index (κ3) is 2.08. The van der Waals surface area contributed by atoms with E-state index in [4.69, 9.17) is 11.5 Å². The van der Waals surface area contributed by atoms with Gasteiger partial charge in [0.25, 0.3) is 0 Å². The summed E-state index contributed by atoms with van der Waals surface area (Å²) in [7, 11) is 0. The Morgan fingerprint density at radius 1 is 1.15 bits per heavy atom. The van der Waals surface area contributed by atoms with Crippen LogP contribution in [0.15, 0.2) is 17.5 Å². The number of thiophene rings is 1.